The van der Waals surface area contributed by atoms with Crippen LogP contribution in [0.15, 0.2) is 0 Å². The molecule has 2 nitrogen and oxygen atoms in total. The van der Waals surface area contributed by atoms with Gasteiger partial charge in [-0.2, -0.15) is 0 Å². The second-order valence-corrected chi connectivity index (χ2v) is 5.92. The van der Waals surface area contributed by atoms with Crippen molar-refractivity contribution in [2.75, 3.05) is 13.1 Å². The standard InChI is InChI=1S/C18H36NO/c1-4-6-8-10-12-14-16-19(18(3)20)17-15-13-11-9-7-5-2/h3-17H2,1-2H3. The van der Waals surface area contributed by atoms with E-state index in [1.807, 2.05) is 4.90 Å². The van der Waals surface area contributed by atoms with Gasteiger partial charge in [-0.05, 0) is 12.8 Å². The van der Waals surface area contributed by atoms with Gasteiger partial charge >= 0.3 is 0 Å². The summed E-state index contributed by atoms with van der Waals surface area (Å²) in [6, 6.07) is 0. The van der Waals surface area contributed by atoms with Crippen LogP contribution in [0.2, 0.25) is 0 Å². The van der Waals surface area contributed by atoms with Crippen LogP contribution in [0, 0.1) is 6.92 Å². The Hall–Kier alpha value is -0.530. The maximum atomic E-state index is 11.5. The summed E-state index contributed by atoms with van der Waals surface area (Å²) in [5.74, 6) is 0.00659. The first kappa shape index (κ1) is 19.5. The summed E-state index contributed by atoms with van der Waals surface area (Å²) in [6.45, 7) is 9.87. The second kappa shape index (κ2) is 14.9. The first-order valence-electron chi connectivity index (χ1n) is 8.83. The third kappa shape index (κ3) is 12.5. The van der Waals surface area contributed by atoms with Crippen LogP contribution in [0.1, 0.15) is 90.9 Å². The first-order valence-corrected chi connectivity index (χ1v) is 8.83. The largest absolute Gasteiger partial charge is 0.343 e. The SMILES string of the molecule is [CH2]C(=O)N(CCCCCCCC)CCCCCCCC. The number of nitrogens with zero attached hydrogens (tertiary/aromatic N) is 1. The molecule has 0 spiro atoms. The fraction of sp³-hybridized carbons (Fsp3) is 0.889. The highest BCUT2D eigenvalue weighted by atomic mass is 16.2. The lowest BCUT2D eigenvalue weighted by molar-refractivity contribution is -0.126. The monoisotopic (exact) mass is 282 g/mol. The third-order valence-corrected chi connectivity index (χ3v) is 3.92. The molecule has 0 heterocycles. The molecule has 0 aromatic heterocycles. The highest BCUT2D eigenvalue weighted by molar-refractivity contribution is 5.80. The number of carbonyl (C=O) groups excluding carboxylic acids is 1. The van der Waals surface area contributed by atoms with E-state index in [0.29, 0.717) is 0 Å². The van der Waals surface area contributed by atoms with E-state index in [-0.39, 0.29) is 5.91 Å². The van der Waals surface area contributed by atoms with Crippen LogP contribution in [0.4, 0.5) is 0 Å². The zero-order valence-electron chi connectivity index (χ0n) is 14.0. The van der Waals surface area contributed by atoms with Gasteiger partial charge in [0.25, 0.3) is 0 Å². The zero-order valence-corrected chi connectivity index (χ0v) is 14.0. The van der Waals surface area contributed by atoms with Crippen molar-refractivity contribution in [2.45, 2.75) is 90.9 Å². The highest BCUT2D eigenvalue weighted by Crippen LogP contribution is 2.09. The molecule has 1 amide bonds. The van der Waals surface area contributed by atoms with Gasteiger partial charge in [-0.15, -0.1) is 0 Å². The molecule has 2 heteroatoms. The fourth-order valence-electron chi connectivity index (χ4n) is 2.53. The Kier molecular flexibility index (Phi) is 14.5. The minimum absolute atomic E-state index is 0.00659. The number of carbonyl (C=O) groups is 1. The van der Waals surface area contributed by atoms with Crippen molar-refractivity contribution in [3.05, 3.63) is 6.92 Å². The summed E-state index contributed by atoms with van der Waals surface area (Å²) in [7, 11) is 0. The first-order chi connectivity index (χ1) is 9.72. The number of hydrogen-bond donors (Lipinski definition) is 0. The molecule has 0 aliphatic carbocycles. The van der Waals surface area contributed by atoms with Crippen LogP contribution in [-0.4, -0.2) is 23.9 Å². The van der Waals surface area contributed by atoms with Gasteiger partial charge in [-0.25, -0.2) is 0 Å². The van der Waals surface area contributed by atoms with E-state index in [1.165, 1.54) is 64.2 Å². The molecule has 0 aliphatic heterocycles. The van der Waals surface area contributed by atoms with Crippen LogP contribution < -0.4 is 0 Å². The molecule has 0 atom stereocenters. The van der Waals surface area contributed by atoms with Crippen LogP contribution >= 0.6 is 0 Å². The maximum Gasteiger partial charge on any atom is 0.223 e. The molecular formula is C18H36NO. The molecule has 0 rings (SSSR count). The minimum atomic E-state index is 0.00659. The Morgan fingerprint density at radius 2 is 1.05 bits per heavy atom. The van der Waals surface area contributed by atoms with Gasteiger partial charge in [0, 0.05) is 20.0 Å². The predicted octanol–water partition coefficient (Wildman–Crippen LogP) is 5.37. The van der Waals surface area contributed by atoms with Gasteiger partial charge in [0.05, 0.1) is 0 Å². The molecule has 0 saturated carbocycles. The molecule has 0 saturated heterocycles. The number of rotatable bonds is 14. The van der Waals surface area contributed by atoms with Gasteiger partial charge in [0.15, 0.2) is 0 Å². The Balaban J connectivity index is 3.53. The van der Waals surface area contributed by atoms with Crippen molar-refractivity contribution in [3.63, 3.8) is 0 Å². The molecule has 20 heavy (non-hydrogen) atoms. The Morgan fingerprint density at radius 1 is 0.700 bits per heavy atom. The van der Waals surface area contributed by atoms with Gasteiger partial charge in [0.2, 0.25) is 5.91 Å². The van der Waals surface area contributed by atoms with Gasteiger partial charge in [-0.3, -0.25) is 4.79 Å². The number of hydrogen-bond acceptors (Lipinski definition) is 1. The number of unbranched alkanes of at least 4 members (excludes halogenated alkanes) is 10. The summed E-state index contributed by atoms with van der Waals surface area (Å²) in [4.78, 5) is 13.4. The third-order valence-electron chi connectivity index (χ3n) is 3.92. The molecule has 0 bridgehead atoms. The average Bonchev–Trinajstić information content (AvgIpc) is 2.43. The van der Waals surface area contributed by atoms with E-state index >= 15 is 0 Å². The molecule has 1 radical (unpaired) electrons. The Morgan fingerprint density at radius 3 is 1.40 bits per heavy atom. The maximum absolute atomic E-state index is 11.5. The fourth-order valence-corrected chi connectivity index (χ4v) is 2.53. The molecule has 0 aliphatic rings. The van der Waals surface area contributed by atoms with Crippen LogP contribution in [0.3, 0.4) is 0 Å². The van der Waals surface area contributed by atoms with Crippen molar-refractivity contribution < 1.29 is 4.79 Å². The van der Waals surface area contributed by atoms with Gasteiger partial charge in [0.1, 0.15) is 0 Å². The van der Waals surface area contributed by atoms with Crippen molar-refractivity contribution in [1.29, 1.82) is 0 Å². The number of amides is 1. The quantitative estimate of drug-likeness (QED) is 0.392. The molecule has 0 N–H and O–H groups in total. The Labute approximate surface area is 127 Å². The zero-order chi connectivity index (χ0) is 15.1. The van der Waals surface area contributed by atoms with Gasteiger partial charge in [-0.1, -0.05) is 78.1 Å². The molecule has 0 unspecified atom stereocenters. The second-order valence-electron chi connectivity index (χ2n) is 5.92. The summed E-state index contributed by atoms with van der Waals surface area (Å²) < 4.78 is 0. The predicted molar refractivity (Wildman–Crippen MR) is 88.7 cm³/mol. The van der Waals surface area contributed by atoms with Crippen molar-refractivity contribution in [1.82, 2.24) is 4.90 Å². The lowest BCUT2D eigenvalue weighted by Crippen LogP contribution is -2.31. The lowest BCUT2D eigenvalue weighted by Gasteiger charge is -2.20. The van der Waals surface area contributed by atoms with Crippen molar-refractivity contribution in [3.8, 4) is 0 Å². The smallest absolute Gasteiger partial charge is 0.223 e. The van der Waals surface area contributed by atoms with Gasteiger partial charge < -0.3 is 4.90 Å². The van der Waals surface area contributed by atoms with E-state index in [9.17, 15) is 4.79 Å². The van der Waals surface area contributed by atoms with Crippen LogP contribution in [0.5, 0.6) is 0 Å². The molecule has 119 valence electrons. The van der Waals surface area contributed by atoms with Crippen LogP contribution in [-0.2, 0) is 4.79 Å². The van der Waals surface area contributed by atoms with E-state index in [4.69, 9.17) is 0 Å². The molecule has 0 aromatic carbocycles. The summed E-state index contributed by atoms with van der Waals surface area (Å²) in [5, 5.41) is 0. The molecule has 0 fully saturated rings. The summed E-state index contributed by atoms with van der Waals surface area (Å²) >= 11 is 0. The summed E-state index contributed by atoms with van der Waals surface area (Å²) in [5.41, 5.74) is 0. The van der Waals surface area contributed by atoms with E-state index < -0.39 is 0 Å². The van der Waals surface area contributed by atoms with E-state index in [2.05, 4.69) is 20.8 Å². The van der Waals surface area contributed by atoms with Crippen LogP contribution in [0.25, 0.3) is 0 Å². The average molecular weight is 282 g/mol. The minimum Gasteiger partial charge on any atom is -0.343 e. The highest BCUT2D eigenvalue weighted by Gasteiger charge is 2.07. The van der Waals surface area contributed by atoms with E-state index in [1.54, 1.807) is 0 Å². The molecular weight excluding hydrogens is 246 g/mol. The Bertz CT molecular complexity index is 199. The molecule has 0 aromatic rings. The topological polar surface area (TPSA) is 20.3 Å². The lowest BCUT2D eigenvalue weighted by atomic mass is 10.1. The van der Waals surface area contributed by atoms with E-state index in [0.717, 1.165) is 25.9 Å². The normalized spacial score (nSPS) is 10.8. The summed E-state index contributed by atoms with van der Waals surface area (Å²) in [6.07, 6.45) is 15.4. The van der Waals surface area contributed by atoms with Crippen molar-refractivity contribution in [2.24, 2.45) is 0 Å². The van der Waals surface area contributed by atoms with Crippen molar-refractivity contribution >= 4 is 5.91 Å².